The lowest BCUT2D eigenvalue weighted by Gasteiger charge is -2.52. The van der Waals surface area contributed by atoms with Gasteiger partial charge in [-0.3, -0.25) is 0 Å². The Morgan fingerprint density at radius 2 is 2.10 bits per heavy atom. The van der Waals surface area contributed by atoms with Gasteiger partial charge in [0, 0.05) is 13.0 Å². The van der Waals surface area contributed by atoms with Crippen LogP contribution in [0.1, 0.15) is 33.6 Å². The minimum Gasteiger partial charge on any atom is -0.378 e. The minimum absolute atomic E-state index is 0.00493. The molecule has 4 heteroatoms. The molecule has 0 bridgehead atoms. The summed E-state index contributed by atoms with van der Waals surface area (Å²) < 4.78 is 11.6. The van der Waals surface area contributed by atoms with Crippen LogP contribution in [-0.2, 0) is 14.4 Å². The molecule has 0 aromatic heterocycles. The zero-order chi connectivity index (χ0) is 14.5. The van der Waals surface area contributed by atoms with E-state index in [1.807, 2.05) is 6.08 Å². The minimum atomic E-state index is -0.669. The van der Waals surface area contributed by atoms with E-state index in [0.29, 0.717) is 11.8 Å². The fraction of sp³-hybridized carbons (Fsp3) is 0.750. The van der Waals surface area contributed by atoms with E-state index in [2.05, 4.69) is 31.7 Å². The second kappa shape index (κ2) is 4.95. The molecule has 0 aromatic carbocycles. The van der Waals surface area contributed by atoms with Crippen LogP contribution in [0.2, 0.25) is 0 Å². The topological polar surface area (TPSA) is 47.9 Å². The van der Waals surface area contributed by atoms with Crippen LogP contribution in [-0.4, -0.2) is 30.9 Å². The molecule has 20 heavy (non-hydrogen) atoms. The van der Waals surface area contributed by atoms with Crippen molar-refractivity contribution in [3.8, 4) is 0 Å². The highest BCUT2D eigenvalue weighted by Crippen LogP contribution is 2.55. The highest BCUT2D eigenvalue weighted by Gasteiger charge is 2.55. The van der Waals surface area contributed by atoms with Crippen molar-refractivity contribution in [2.45, 2.75) is 52.1 Å². The second-order valence-corrected chi connectivity index (χ2v) is 6.81. The largest absolute Gasteiger partial charge is 0.378 e. The average Bonchev–Trinajstić information content (AvgIpc) is 2.84. The number of allylic oxidation sites excluding steroid dienone is 1. The summed E-state index contributed by atoms with van der Waals surface area (Å²) >= 11 is 0. The maximum atomic E-state index is 8.92. The van der Waals surface area contributed by atoms with E-state index in [0.717, 1.165) is 6.42 Å². The Labute approximate surface area is 120 Å². The average molecular weight is 280 g/mol. The Kier molecular flexibility index (Phi) is 3.53. The lowest BCUT2D eigenvalue weighted by molar-refractivity contribution is -0.335. The van der Waals surface area contributed by atoms with Crippen molar-refractivity contribution in [1.82, 2.24) is 0 Å². The van der Waals surface area contributed by atoms with Gasteiger partial charge in [-0.1, -0.05) is 25.5 Å². The molecule has 0 saturated heterocycles. The van der Waals surface area contributed by atoms with Crippen molar-refractivity contribution in [1.29, 1.82) is 0 Å². The first kappa shape index (κ1) is 14.3. The molecule has 0 spiro atoms. The molecule has 1 saturated carbocycles. The van der Waals surface area contributed by atoms with Crippen LogP contribution < -0.4 is 0 Å². The SMILES string of the molecule is CO[C@@H]1[C@@H]2C=C(C)CC[C@@H]2C(C)(C)C2=C[C@H](OO)O[C@@H]21. The Morgan fingerprint density at radius 1 is 1.35 bits per heavy atom. The molecular formula is C16H24O4. The molecule has 3 rings (SSSR count). The Balaban J connectivity index is 2.02. The normalized spacial score (nSPS) is 42.5. The van der Waals surface area contributed by atoms with E-state index < -0.39 is 6.29 Å². The van der Waals surface area contributed by atoms with Crippen molar-refractivity contribution >= 4 is 0 Å². The van der Waals surface area contributed by atoms with Crippen molar-refractivity contribution in [3.63, 3.8) is 0 Å². The zero-order valence-electron chi connectivity index (χ0n) is 12.6. The highest BCUT2D eigenvalue weighted by atomic mass is 17.1. The van der Waals surface area contributed by atoms with Gasteiger partial charge in [-0.2, -0.15) is 0 Å². The maximum absolute atomic E-state index is 8.92. The summed E-state index contributed by atoms with van der Waals surface area (Å²) in [5.41, 5.74) is 2.68. The molecule has 3 aliphatic rings. The summed E-state index contributed by atoms with van der Waals surface area (Å²) in [6, 6.07) is 0. The smallest absolute Gasteiger partial charge is 0.211 e. The van der Waals surface area contributed by atoms with E-state index in [4.69, 9.17) is 14.7 Å². The van der Waals surface area contributed by atoms with Gasteiger partial charge in [0.05, 0.1) is 6.10 Å². The van der Waals surface area contributed by atoms with Gasteiger partial charge < -0.3 is 9.47 Å². The fourth-order valence-electron chi connectivity index (χ4n) is 4.36. The Morgan fingerprint density at radius 3 is 2.75 bits per heavy atom. The number of hydrogen-bond acceptors (Lipinski definition) is 4. The molecule has 0 aromatic rings. The van der Waals surface area contributed by atoms with Crippen LogP contribution in [0.3, 0.4) is 0 Å². The van der Waals surface area contributed by atoms with Gasteiger partial charge in [0.2, 0.25) is 6.29 Å². The summed E-state index contributed by atoms with van der Waals surface area (Å²) in [6.07, 6.45) is 5.80. The Hall–Kier alpha value is -0.680. The van der Waals surface area contributed by atoms with Gasteiger partial charge in [0.15, 0.2) is 0 Å². The van der Waals surface area contributed by atoms with Gasteiger partial charge >= 0.3 is 0 Å². The van der Waals surface area contributed by atoms with Crippen LogP contribution in [0.5, 0.6) is 0 Å². The molecule has 1 aliphatic heterocycles. The third kappa shape index (κ3) is 1.98. The van der Waals surface area contributed by atoms with Gasteiger partial charge in [0.1, 0.15) is 6.10 Å². The number of rotatable bonds is 2. The highest BCUT2D eigenvalue weighted by molar-refractivity contribution is 5.32. The van der Waals surface area contributed by atoms with Crippen LogP contribution >= 0.6 is 0 Å². The molecule has 5 atom stereocenters. The van der Waals surface area contributed by atoms with Crippen molar-refractivity contribution in [3.05, 3.63) is 23.3 Å². The molecule has 1 heterocycles. The molecule has 112 valence electrons. The van der Waals surface area contributed by atoms with Gasteiger partial charge in [-0.05, 0) is 42.7 Å². The number of hydrogen-bond donors (Lipinski definition) is 1. The fourth-order valence-corrected chi connectivity index (χ4v) is 4.36. The van der Waals surface area contributed by atoms with E-state index in [1.54, 1.807) is 7.11 Å². The Bertz CT molecular complexity index is 451. The number of fused-ring (bicyclic) bond motifs is 2. The van der Waals surface area contributed by atoms with Crippen molar-refractivity contribution in [2.75, 3.05) is 7.11 Å². The maximum Gasteiger partial charge on any atom is 0.211 e. The summed E-state index contributed by atoms with van der Waals surface area (Å²) in [7, 11) is 1.74. The monoisotopic (exact) mass is 280 g/mol. The molecule has 2 aliphatic carbocycles. The lowest BCUT2D eigenvalue weighted by Crippen LogP contribution is -2.53. The van der Waals surface area contributed by atoms with E-state index in [1.165, 1.54) is 17.6 Å². The third-order valence-corrected chi connectivity index (χ3v) is 5.42. The van der Waals surface area contributed by atoms with Gasteiger partial charge in [0.25, 0.3) is 0 Å². The number of methoxy groups -OCH3 is 1. The van der Waals surface area contributed by atoms with Crippen LogP contribution in [0.4, 0.5) is 0 Å². The third-order valence-electron chi connectivity index (χ3n) is 5.42. The summed E-state index contributed by atoms with van der Waals surface area (Å²) in [4.78, 5) is 4.39. The van der Waals surface area contributed by atoms with Crippen molar-refractivity contribution < 1.29 is 19.6 Å². The molecular weight excluding hydrogens is 256 g/mol. The van der Waals surface area contributed by atoms with Crippen LogP contribution in [0.15, 0.2) is 23.3 Å². The summed E-state index contributed by atoms with van der Waals surface area (Å²) in [5.74, 6) is 0.906. The van der Waals surface area contributed by atoms with E-state index >= 15 is 0 Å². The first-order chi connectivity index (χ1) is 9.48. The zero-order valence-corrected chi connectivity index (χ0v) is 12.6. The van der Waals surface area contributed by atoms with Gasteiger partial charge in [-0.25, -0.2) is 10.1 Å². The molecule has 4 nitrogen and oxygen atoms in total. The summed E-state index contributed by atoms with van der Waals surface area (Å²) in [5, 5.41) is 8.92. The molecule has 0 unspecified atom stereocenters. The van der Waals surface area contributed by atoms with E-state index in [9.17, 15) is 0 Å². The molecule has 0 radical (unpaired) electrons. The standard InChI is InChI=1S/C16H24O4/c1-9-5-6-11-10(7-9)14(18-4)15-12(16(11,2)3)8-13(19-15)20-17/h7-8,10-11,13-15,17H,5-6H2,1-4H3/t10-,11+,13+,14-,15+/m1/s1. The molecule has 1 N–H and O–H groups in total. The van der Waals surface area contributed by atoms with Crippen molar-refractivity contribution in [2.24, 2.45) is 17.3 Å². The molecule has 1 fully saturated rings. The lowest BCUT2D eigenvalue weighted by atomic mass is 9.56. The first-order valence-electron chi connectivity index (χ1n) is 7.37. The van der Waals surface area contributed by atoms with Crippen LogP contribution in [0.25, 0.3) is 0 Å². The number of ether oxygens (including phenoxy) is 2. The quantitative estimate of drug-likeness (QED) is 0.479. The summed E-state index contributed by atoms with van der Waals surface area (Å²) in [6.45, 7) is 6.73. The van der Waals surface area contributed by atoms with E-state index in [-0.39, 0.29) is 17.6 Å². The van der Waals surface area contributed by atoms with Gasteiger partial charge in [-0.15, -0.1) is 0 Å². The van der Waals surface area contributed by atoms with Crippen LogP contribution in [0, 0.1) is 17.3 Å². The second-order valence-electron chi connectivity index (χ2n) is 6.81. The predicted molar refractivity (Wildman–Crippen MR) is 75.0 cm³/mol. The predicted octanol–water partition coefficient (Wildman–Crippen LogP) is 3.15. The first-order valence-corrected chi connectivity index (χ1v) is 7.37. The molecule has 0 amide bonds.